The van der Waals surface area contributed by atoms with Gasteiger partial charge in [0.25, 0.3) is 0 Å². The molecule has 0 radical (unpaired) electrons. The van der Waals surface area contributed by atoms with Crippen LogP contribution in [0.1, 0.15) is 24.1 Å². The zero-order chi connectivity index (χ0) is 12.8. The average molecular weight is 248 g/mol. The Labute approximate surface area is 95.0 Å². The Kier molecular flexibility index (Phi) is 2.44. The van der Waals surface area contributed by atoms with Crippen LogP contribution in [-0.4, -0.2) is 20.9 Å². The highest BCUT2D eigenvalue weighted by molar-refractivity contribution is 5.78. The smallest absolute Gasteiger partial charge is 0.435 e. The largest absolute Gasteiger partial charge is 0.481 e. The van der Waals surface area contributed by atoms with Crippen molar-refractivity contribution >= 4 is 5.97 Å². The third-order valence-corrected chi connectivity index (χ3v) is 3.01. The summed E-state index contributed by atoms with van der Waals surface area (Å²) in [6, 6.07) is 0. The van der Waals surface area contributed by atoms with Crippen LogP contribution in [0.3, 0.4) is 0 Å². The molecular weight excluding hydrogens is 237 g/mol. The molecule has 7 heteroatoms. The van der Waals surface area contributed by atoms with E-state index in [0.717, 1.165) is 4.68 Å². The number of carbonyl (C=O) groups is 1. The van der Waals surface area contributed by atoms with Gasteiger partial charge in [-0.05, 0) is 19.3 Å². The van der Waals surface area contributed by atoms with Crippen LogP contribution >= 0.6 is 0 Å². The van der Waals surface area contributed by atoms with Crippen LogP contribution in [0.5, 0.6) is 0 Å². The first-order valence-electron chi connectivity index (χ1n) is 5.08. The fourth-order valence-electron chi connectivity index (χ4n) is 1.89. The Morgan fingerprint density at radius 2 is 2.18 bits per heavy atom. The fraction of sp³-hybridized carbons (Fsp3) is 0.600. The minimum absolute atomic E-state index is 0.0418. The third-order valence-electron chi connectivity index (χ3n) is 3.01. The van der Waals surface area contributed by atoms with Gasteiger partial charge in [0.1, 0.15) is 0 Å². The molecule has 4 nitrogen and oxygen atoms in total. The molecule has 1 fully saturated rings. The van der Waals surface area contributed by atoms with Crippen LogP contribution in [-0.2, 0) is 24.4 Å². The van der Waals surface area contributed by atoms with E-state index in [1.54, 1.807) is 0 Å². The van der Waals surface area contributed by atoms with Crippen LogP contribution in [0.2, 0.25) is 0 Å². The van der Waals surface area contributed by atoms with E-state index < -0.39 is 23.3 Å². The molecule has 0 saturated heterocycles. The Morgan fingerprint density at radius 1 is 1.59 bits per heavy atom. The number of halogens is 3. The SMILES string of the molecule is Cn1cc(CC2(C(=O)O)CC2)c(C(F)(F)F)n1. The first-order valence-corrected chi connectivity index (χ1v) is 5.08. The van der Waals surface area contributed by atoms with Gasteiger partial charge < -0.3 is 5.11 Å². The van der Waals surface area contributed by atoms with Crippen molar-refractivity contribution in [2.24, 2.45) is 12.5 Å². The molecule has 17 heavy (non-hydrogen) atoms. The molecule has 94 valence electrons. The molecule has 0 spiro atoms. The maximum Gasteiger partial charge on any atom is 0.435 e. The number of aryl methyl sites for hydroxylation is 1. The summed E-state index contributed by atoms with van der Waals surface area (Å²) in [6.07, 6.45) is -2.55. The Hall–Kier alpha value is -1.53. The monoisotopic (exact) mass is 248 g/mol. The van der Waals surface area contributed by atoms with Crippen molar-refractivity contribution in [3.63, 3.8) is 0 Å². The lowest BCUT2D eigenvalue weighted by Gasteiger charge is -2.10. The zero-order valence-electron chi connectivity index (χ0n) is 9.08. The minimum atomic E-state index is -4.54. The van der Waals surface area contributed by atoms with E-state index in [9.17, 15) is 18.0 Å². The lowest BCUT2D eigenvalue weighted by atomic mass is 9.97. The van der Waals surface area contributed by atoms with Crippen LogP contribution in [0.15, 0.2) is 6.20 Å². The van der Waals surface area contributed by atoms with Gasteiger partial charge in [-0.25, -0.2) is 0 Å². The van der Waals surface area contributed by atoms with Crippen LogP contribution in [0.4, 0.5) is 13.2 Å². The summed E-state index contributed by atoms with van der Waals surface area (Å²) in [5.74, 6) is -1.03. The summed E-state index contributed by atoms with van der Waals surface area (Å²) in [5, 5.41) is 12.3. The van der Waals surface area contributed by atoms with E-state index in [1.165, 1.54) is 13.2 Å². The standard InChI is InChI=1S/C10H11F3N2O2/c1-15-5-6(7(14-15)10(11,12)13)4-9(2-3-9)8(16)17/h5H,2-4H2,1H3,(H,16,17). The molecule has 0 aromatic carbocycles. The summed E-state index contributed by atoms with van der Waals surface area (Å²) >= 11 is 0. The average Bonchev–Trinajstić information content (AvgIpc) is 2.84. The number of rotatable bonds is 3. The maximum atomic E-state index is 12.6. The van der Waals surface area contributed by atoms with Gasteiger partial charge in [-0.1, -0.05) is 0 Å². The van der Waals surface area contributed by atoms with Gasteiger partial charge in [-0.3, -0.25) is 9.48 Å². The van der Waals surface area contributed by atoms with Gasteiger partial charge in [0.05, 0.1) is 5.41 Å². The van der Waals surface area contributed by atoms with Gasteiger partial charge in [0.15, 0.2) is 5.69 Å². The van der Waals surface area contributed by atoms with E-state index in [4.69, 9.17) is 5.11 Å². The number of hydrogen-bond acceptors (Lipinski definition) is 2. The number of carboxylic acid groups (broad SMARTS) is 1. The lowest BCUT2D eigenvalue weighted by Crippen LogP contribution is -2.19. The minimum Gasteiger partial charge on any atom is -0.481 e. The molecule has 1 aromatic heterocycles. The first kappa shape index (κ1) is 11.9. The summed E-state index contributed by atoms with van der Waals surface area (Å²) in [6.45, 7) is 0. The summed E-state index contributed by atoms with van der Waals surface area (Å²) < 4.78 is 39.0. The molecule has 2 rings (SSSR count). The predicted octanol–water partition coefficient (Wildman–Crippen LogP) is 1.85. The lowest BCUT2D eigenvalue weighted by molar-refractivity contribution is -0.145. The topological polar surface area (TPSA) is 55.1 Å². The second kappa shape index (κ2) is 3.48. The van der Waals surface area contributed by atoms with E-state index >= 15 is 0 Å². The third kappa shape index (κ3) is 2.13. The van der Waals surface area contributed by atoms with Crippen molar-refractivity contribution in [3.8, 4) is 0 Å². The molecule has 0 unspecified atom stereocenters. The predicted molar refractivity (Wildman–Crippen MR) is 51.2 cm³/mol. The van der Waals surface area contributed by atoms with Crippen molar-refractivity contribution in [2.45, 2.75) is 25.4 Å². The van der Waals surface area contributed by atoms with E-state index in [-0.39, 0.29) is 12.0 Å². The van der Waals surface area contributed by atoms with Crippen molar-refractivity contribution in [1.82, 2.24) is 9.78 Å². The number of hydrogen-bond donors (Lipinski definition) is 1. The molecule has 0 bridgehead atoms. The Morgan fingerprint density at radius 3 is 2.59 bits per heavy atom. The van der Waals surface area contributed by atoms with Crippen LogP contribution < -0.4 is 0 Å². The summed E-state index contributed by atoms with van der Waals surface area (Å²) in [7, 11) is 1.39. The van der Waals surface area contributed by atoms with Crippen molar-refractivity contribution < 1.29 is 23.1 Å². The molecule has 0 amide bonds. The normalized spacial score (nSPS) is 18.1. The van der Waals surface area contributed by atoms with Gasteiger partial charge in [-0.2, -0.15) is 18.3 Å². The zero-order valence-corrected chi connectivity index (χ0v) is 9.08. The molecule has 1 heterocycles. The van der Waals surface area contributed by atoms with Crippen molar-refractivity contribution in [3.05, 3.63) is 17.5 Å². The van der Waals surface area contributed by atoms with Crippen molar-refractivity contribution in [2.75, 3.05) is 0 Å². The highest BCUT2D eigenvalue weighted by Crippen LogP contribution is 2.49. The highest BCUT2D eigenvalue weighted by Gasteiger charge is 2.51. The molecule has 1 aliphatic carbocycles. The highest BCUT2D eigenvalue weighted by atomic mass is 19.4. The number of nitrogens with zero attached hydrogens (tertiary/aromatic N) is 2. The van der Waals surface area contributed by atoms with Crippen molar-refractivity contribution in [1.29, 1.82) is 0 Å². The van der Waals surface area contributed by atoms with Crippen LogP contribution in [0, 0.1) is 5.41 Å². The molecular formula is C10H11F3N2O2. The summed E-state index contributed by atoms with van der Waals surface area (Å²) in [5.41, 5.74) is -2.03. The molecule has 0 atom stereocenters. The van der Waals surface area contributed by atoms with Gasteiger partial charge in [-0.15, -0.1) is 0 Å². The first-order chi connectivity index (χ1) is 7.74. The molecule has 1 aromatic rings. The van der Waals surface area contributed by atoms with E-state index in [0.29, 0.717) is 12.8 Å². The number of aliphatic carboxylic acids is 1. The number of aromatic nitrogens is 2. The second-order valence-electron chi connectivity index (χ2n) is 4.44. The molecule has 1 N–H and O–H groups in total. The van der Waals surface area contributed by atoms with Crippen LogP contribution in [0.25, 0.3) is 0 Å². The van der Waals surface area contributed by atoms with Gasteiger partial charge >= 0.3 is 12.1 Å². The molecule has 1 aliphatic rings. The number of carboxylic acids is 1. The van der Waals surface area contributed by atoms with E-state index in [2.05, 4.69) is 5.10 Å². The van der Waals surface area contributed by atoms with Gasteiger partial charge in [0, 0.05) is 18.8 Å². The summed E-state index contributed by atoms with van der Waals surface area (Å²) in [4.78, 5) is 10.9. The quantitative estimate of drug-likeness (QED) is 0.888. The molecule has 0 aliphatic heterocycles. The Bertz CT molecular complexity index is 461. The maximum absolute atomic E-state index is 12.6. The van der Waals surface area contributed by atoms with E-state index in [1.807, 2.05) is 0 Å². The fourth-order valence-corrected chi connectivity index (χ4v) is 1.89. The molecule has 1 saturated carbocycles. The number of alkyl halides is 3. The van der Waals surface area contributed by atoms with Gasteiger partial charge in [0.2, 0.25) is 0 Å². The Balaban J connectivity index is 2.31. The second-order valence-corrected chi connectivity index (χ2v) is 4.44.